The van der Waals surface area contributed by atoms with E-state index in [2.05, 4.69) is 15.1 Å². The minimum Gasteiger partial charge on any atom is -0.306 e. The molecule has 0 saturated heterocycles. The van der Waals surface area contributed by atoms with Gasteiger partial charge in [0.25, 0.3) is 5.56 Å². The van der Waals surface area contributed by atoms with Gasteiger partial charge >= 0.3 is 0 Å². The Morgan fingerprint density at radius 3 is 2.76 bits per heavy atom. The van der Waals surface area contributed by atoms with Crippen molar-refractivity contribution >= 4 is 0 Å². The number of aryl methyl sites for hydroxylation is 2. The zero-order valence-corrected chi connectivity index (χ0v) is 12.2. The van der Waals surface area contributed by atoms with Gasteiger partial charge in [0.15, 0.2) is 0 Å². The lowest BCUT2D eigenvalue weighted by molar-refractivity contribution is 0.768. The molecule has 0 amide bonds. The Hall–Kier alpha value is -2.69. The molecule has 0 aliphatic rings. The minimum atomic E-state index is -0.167. The minimum absolute atomic E-state index is 0.167. The number of aromatic amines is 1. The molecule has 106 valence electrons. The summed E-state index contributed by atoms with van der Waals surface area (Å²) in [7, 11) is 1.84. The quantitative estimate of drug-likeness (QED) is 0.784. The maximum absolute atomic E-state index is 11.9. The van der Waals surface area contributed by atoms with Crippen molar-refractivity contribution in [3.8, 4) is 22.6 Å². The summed E-state index contributed by atoms with van der Waals surface area (Å²) in [5, 5.41) is 4.12. The van der Waals surface area contributed by atoms with E-state index in [-0.39, 0.29) is 5.56 Å². The van der Waals surface area contributed by atoms with Crippen LogP contribution in [0.3, 0.4) is 0 Å². The van der Waals surface area contributed by atoms with Crippen LogP contribution in [0.1, 0.15) is 11.1 Å². The molecule has 3 aromatic rings. The Morgan fingerprint density at radius 1 is 1.24 bits per heavy atom. The summed E-state index contributed by atoms with van der Waals surface area (Å²) in [6.45, 7) is 4.07. The SMILES string of the molecule is Cc1cccc(-c2nc(-c3cnn(C)c3)cc(=O)[nH]2)c1C. The predicted octanol–water partition coefficient (Wildman–Crippen LogP) is 2.45. The molecule has 0 aliphatic heterocycles. The molecule has 0 fully saturated rings. The molecule has 0 saturated carbocycles. The molecule has 5 nitrogen and oxygen atoms in total. The summed E-state index contributed by atoms with van der Waals surface area (Å²) < 4.78 is 1.69. The van der Waals surface area contributed by atoms with Crippen LogP contribution in [0.2, 0.25) is 0 Å². The number of hydrogen-bond donors (Lipinski definition) is 1. The van der Waals surface area contributed by atoms with E-state index in [0.29, 0.717) is 11.5 Å². The van der Waals surface area contributed by atoms with Gasteiger partial charge in [0.05, 0.1) is 11.9 Å². The third kappa shape index (κ3) is 2.50. The van der Waals surface area contributed by atoms with Crippen molar-refractivity contribution in [2.45, 2.75) is 13.8 Å². The fourth-order valence-corrected chi connectivity index (χ4v) is 2.29. The molecule has 0 atom stereocenters. The van der Waals surface area contributed by atoms with Crippen molar-refractivity contribution in [3.63, 3.8) is 0 Å². The highest BCUT2D eigenvalue weighted by Gasteiger charge is 2.10. The lowest BCUT2D eigenvalue weighted by Crippen LogP contribution is -2.09. The second kappa shape index (κ2) is 5.01. The highest BCUT2D eigenvalue weighted by Crippen LogP contribution is 2.23. The number of rotatable bonds is 2. The Labute approximate surface area is 122 Å². The van der Waals surface area contributed by atoms with Crippen molar-refractivity contribution in [1.82, 2.24) is 19.7 Å². The Morgan fingerprint density at radius 2 is 2.05 bits per heavy atom. The van der Waals surface area contributed by atoms with Crippen LogP contribution < -0.4 is 5.56 Å². The molecule has 0 unspecified atom stereocenters. The van der Waals surface area contributed by atoms with Crippen molar-refractivity contribution in [2.75, 3.05) is 0 Å². The Bertz CT molecular complexity index is 861. The zero-order valence-electron chi connectivity index (χ0n) is 12.2. The van der Waals surface area contributed by atoms with E-state index in [0.717, 1.165) is 16.7 Å². The molecule has 0 aliphatic carbocycles. The Balaban J connectivity index is 2.18. The van der Waals surface area contributed by atoms with Crippen LogP contribution in [0.25, 0.3) is 22.6 Å². The van der Waals surface area contributed by atoms with Gasteiger partial charge in [-0.3, -0.25) is 9.48 Å². The summed E-state index contributed by atoms with van der Waals surface area (Å²) >= 11 is 0. The molecule has 1 aromatic carbocycles. The molecule has 21 heavy (non-hydrogen) atoms. The molecule has 0 radical (unpaired) electrons. The normalized spacial score (nSPS) is 10.8. The average molecular weight is 280 g/mol. The van der Waals surface area contributed by atoms with Gasteiger partial charge in [-0.2, -0.15) is 5.10 Å². The molecular formula is C16H16N4O. The van der Waals surface area contributed by atoms with Crippen LogP contribution >= 0.6 is 0 Å². The Kier molecular flexibility index (Phi) is 3.17. The first-order chi connectivity index (χ1) is 10.0. The van der Waals surface area contributed by atoms with Gasteiger partial charge in [-0.25, -0.2) is 4.98 Å². The standard InChI is InChI=1S/C16H16N4O/c1-10-5-4-6-13(11(10)2)16-18-14(7-15(21)19-16)12-8-17-20(3)9-12/h4-9H,1-3H3,(H,18,19,21). The molecule has 3 rings (SSSR count). The van der Waals surface area contributed by atoms with Crippen molar-refractivity contribution in [3.05, 3.63) is 58.1 Å². The summed E-state index contributed by atoms with van der Waals surface area (Å²) in [5.41, 5.74) is 4.52. The first-order valence-electron chi connectivity index (χ1n) is 6.71. The predicted molar refractivity (Wildman–Crippen MR) is 82.0 cm³/mol. The smallest absolute Gasteiger partial charge is 0.251 e. The van der Waals surface area contributed by atoms with Gasteiger partial charge in [-0.1, -0.05) is 18.2 Å². The van der Waals surface area contributed by atoms with E-state index in [1.165, 1.54) is 11.6 Å². The highest BCUT2D eigenvalue weighted by molar-refractivity contribution is 5.65. The summed E-state index contributed by atoms with van der Waals surface area (Å²) in [5.74, 6) is 0.586. The fourth-order valence-electron chi connectivity index (χ4n) is 2.29. The largest absolute Gasteiger partial charge is 0.306 e. The van der Waals surface area contributed by atoms with E-state index >= 15 is 0 Å². The zero-order chi connectivity index (χ0) is 15.0. The lowest BCUT2D eigenvalue weighted by Gasteiger charge is -2.08. The molecular weight excluding hydrogens is 264 g/mol. The van der Waals surface area contributed by atoms with E-state index in [1.807, 2.05) is 45.3 Å². The van der Waals surface area contributed by atoms with Gasteiger partial charge in [0.2, 0.25) is 0 Å². The average Bonchev–Trinajstić information content (AvgIpc) is 2.88. The number of nitrogens with one attached hydrogen (secondary N) is 1. The van der Waals surface area contributed by atoms with Crippen LogP contribution in [0.15, 0.2) is 41.5 Å². The summed E-state index contributed by atoms with van der Waals surface area (Å²) in [6.07, 6.45) is 3.54. The van der Waals surface area contributed by atoms with E-state index in [1.54, 1.807) is 10.9 Å². The first-order valence-corrected chi connectivity index (χ1v) is 6.71. The second-order valence-electron chi connectivity index (χ2n) is 5.13. The monoisotopic (exact) mass is 280 g/mol. The van der Waals surface area contributed by atoms with Gasteiger partial charge in [0, 0.05) is 30.4 Å². The van der Waals surface area contributed by atoms with Gasteiger partial charge < -0.3 is 4.98 Å². The maximum atomic E-state index is 11.9. The molecule has 0 spiro atoms. The van der Waals surface area contributed by atoms with Crippen LogP contribution in [0, 0.1) is 13.8 Å². The summed E-state index contributed by atoms with van der Waals surface area (Å²) in [4.78, 5) is 19.3. The number of aromatic nitrogens is 4. The third-order valence-electron chi connectivity index (χ3n) is 3.60. The molecule has 2 aromatic heterocycles. The number of benzene rings is 1. The van der Waals surface area contributed by atoms with Gasteiger partial charge in [-0.05, 0) is 25.0 Å². The van der Waals surface area contributed by atoms with E-state index < -0.39 is 0 Å². The topological polar surface area (TPSA) is 63.6 Å². The van der Waals surface area contributed by atoms with Gasteiger partial charge in [-0.15, -0.1) is 0 Å². The second-order valence-corrected chi connectivity index (χ2v) is 5.13. The highest BCUT2D eigenvalue weighted by atomic mass is 16.1. The number of H-pyrrole nitrogens is 1. The fraction of sp³-hybridized carbons (Fsp3) is 0.188. The number of hydrogen-bond acceptors (Lipinski definition) is 3. The maximum Gasteiger partial charge on any atom is 0.251 e. The van der Waals surface area contributed by atoms with Gasteiger partial charge in [0.1, 0.15) is 5.82 Å². The van der Waals surface area contributed by atoms with Crippen molar-refractivity contribution in [2.24, 2.45) is 7.05 Å². The van der Waals surface area contributed by atoms with Crippen molar-refractivity contribution < 1.29 is 0 Å². The van der Waals surface area contributed by atoms with Crippen LogP contribution in [-0.4, -0.2) is 19.7 Å². The number of nitrogens with zero attached hydrogens (tertiary/aromatic N) is 3. The summed E-state index contributed by atoms with van der Waals surface area (Å²) in [6, 6.07) is 7.47. The van der Waals surface area contributed by atoms with Crippen LogP contribution in [0.5, 0.6) is 0 Å². The van der Waals surface area contributed by atoms with Crippen LogP contribution in [0.4, 0.5) is 0 Å². The van der Waals surface area contributed by atoms with Crippen molar-refractivity contribution in [1.29, 1.82) is 0 Å². The first kappa shape index (κ1) is 13.3. The van der Waals surface area contributed by atoms with E-state index in [9.17, 15) is 4.79 Å². The van der Waals surface area contributed by atoms with Crippen LogP contribution in [-0.2, 0) is 7.05 Å². The molecule has 0 bridgehead atoms. The third-order valence-corrected chi connectivity index (χ3v) is 3.60. The molecule has 5 heteroatoms. The molecule has 2 heterocycles. The van der Waals surface area contributed by atoms with E-state index in [4.69, 9.17) is 0 Å². The molecule has 1 N–H and O–H groups in total. The lowest BCUT2D eigenvalue weighted by atomic mass is 10.0.